The summed E-state index contributed by atoms with van der Waals surface area (Å²) in [6, 6.07) is 0.397. The molecule has 0 aliphatic heterocycles. The monoisotopic (exact) mass is 250 g/mol. The topological polar surface area (TPSA) is 42.7 Å². The van der Waals surface area contributed by atoms with Gasteiger partial charge in [0, 0.05) is 24.5 Å². The maximum Gasteiger partial charge on any atom is 0.138 e. The Balaban J connectivity index is 1.98. The first kappa shape index (κ1) is 13.5. The Morgan fingerprint density at radius 2 is 2.06 bits per heavy atom. The van der Waals surface area contributed by atoms with Gasteiger partial charge in [-0.05, 0) is 52.9 Å². The molecule has 0 radical (unpaired) electrons. The lowest BCUT2D eigenvalue weighted by molar-refractivity contribution is 0.346. The summed E-state index contributed by atoms with van der Waals surface area (Å²) in [5, 5.41) is 7.95. The van der Waals surface area contributed by atoms with Gasteiger partial charge in [-0.25, -0.2) is 9.67 Å². The van der Waals surface area contributed by atoms with Gasteiger partial charge in [0.1, 0.15) is 12.2 Å². The second-order valence-electron chi connectivity index (χ2n) is 6.99. The van der Waals surface area contributed by atoms with Crippen LogP contribution in [0.2, 0.25) is 0 Å². The summed E-state index contributed by atoms with van der Waals surface area (Å²) in [6.07, 6.45) is 5.35. The molecule has 102 valence electrons. The molecule has 18 heavy (non-hydrogen) atoms. The average molecular weight is 250 g/mol. The largest absolute Gasteiger partial charge is 0.312 e. The van der Waals surface area contributed by atoms with Crippen LogP contribution >= 0.6 is 0 Å². The quantitative estimate of drug-likeness (QED) is 0.873. The molecule has 1 aliphatic carbocycles. The molecule has 1 aliphatic rings. The molecule has 4 heteroatoms. The average Bonchev–Trinajstić information content (AvgIpc) is 2.84. The minimum atomic E-state index is 0.196. The SMILES string of the molecule is CC(C)n1ncnc1CC1(CNC(C)(C)C)CC1. The van der Waals surface area contributed by atoms with E-state index in [0.29, 0.717) is 11.5 Å². The van der Waals surface area contributed by atoms with Crippen molar-refractivity contribution in [1.29, 1.82) is 0 Å². The third kappa shape index (κ3) is 3.31. The number of rotatable bonds is 5. The van der Waals surface area contributed by atoms with Crippen molar-refractivity contribution in [3.8, 4) is 0 Å². The fourth-order valence-corrected chi connectivity index (χ4v) is 2.21. The van der Waals surface area contributed by atoms with E-state index in [1.54, 1.807) is 6.33 Å². The van der Waals surface area contributed by atoms with E-state index in [1.165, 1.54) is 12.8 Å². The van der Waals surface area contributed by atoms with Gasteiger partial charge in [0.05, 0.1) is 0 Å². The molecule has 1 aromatic heterocycles. The van der Waals surface area contributed by atoms with Gasteiger partial charge in [0.25, 0.3) is 0 Å². The summed E-state index contributed by atoms with van der Waals surface area (Å²) in [5.41, 5.74) is 0.619. The normalized spacial score (nSPS) is 18.3. The molecule has 0 atom stereocenters. The number of nitrogens with zero attached hydrogens (tertiary/aromatic N) is 3. The Morgan fingerprint density at radius 3 is 2.56 bits per heavy atom. The van der Waals surface area contributed by atoms with Crippen molar-refractivity contribution in [2.75, 3.05) is 6.54 Å². The number of hydrogen-bond donors (Lipinski definition) is 1. The van der Waals surface area contributed by atoms with Crippen LogP contribution in [0, 0.1) is 5.41 Å². The third-order valence-electron chi connectivity index (χ3n) is 3.62. The summed E-state index contributed by atoms with van der Waals surface area (Å²) in [7, 11) is 0. The van der Waals surface area contributed by atoms with Crippen LogP contribution in [-0.4, -0.2) is 26.8 Å². The molecule has 0 unspecified atom stereocenters. The molecule has 1 saturated carbocycles. The van der Waals surface area contributed by atoms with Crippen LogP contribution in [0.5, 0.6) is 0 Å². The van der Waals surface area contributed by atoms with E-state index in [4.69, 9.17) is 0 Å². The summed E-state index contributed by atoms with van der Waals surface area (Å²) < 4.78 is 2.05. The predicted molar refractivity (Wildman–Crippen MR) is 73.5 cm³/mol. The number of hydrogen-bond acceptors (Lipinski definition) is 3. The molecule has 4 nitrogen and oxygen atoms in total. The highest BCUT2D eigenvalue weighted by Crippen LogP contribution is 2.47. The lowest BCUT2D eigenvalue weighted by Gasteiger charge is -2.25. The first-order chi connectivity index (χ1) is 8.31. The van der Waals surface area contributed by atoms with Crippen LogP contribution in [0.3, 0.4) is 0 Å². The Bertz CT molecular complexity index is 396. The molecule has 1 fully saturated rings. The van der Waals surface area contributed by atoms with E-state index in [9.17, 15) is 0 Å². The fraction of sp³-hybridized carbons (Fsp3) is 0.857. The van der Waals surface area contributed by atoms with Crippen LogP contribution in [-0.2, 0) is 6.42 Å². The Hall–Kier alpha value is -0.900. The summed E-state index contributed by atoms with van der Waals surface area (Å²) >= 11 is 0. The number of nitrogens with one attached hydrogen (secondary N) is 1. The van der Waals surface area contributed by atoms with Gasteiger partial charge < -0.3 is 5.32 Å². The molecule has 2 rings (SSSR count). The van der Waals surface area contributed by atoms with Crippen molar-refractivity contribution < 1.29 is 0 Å². The molecule has 0 bridgehead atoms. The zero-order valence-electron chi connectivity index (χ0n) is 12.3. The van der Waals surface area contributed by atoms with Gasteiger partial charge in [0.2, 0.25) is 0 Å². The Morgan fingerprint density at radius 1 is 1.39 bits per heavy atom. The Labute approximate surface area is 110 Å². The predicted octanol–water partition coefficient (Wildman–Crippen LogP) is 2.57. The molecule has 0 spiro atoms. The molecule has 1 N–H and O–H groups in total. The zero-order valence-corrected chi connectivity index (χ0v) is 12.3. The van der Waals surface area contributed by atoms with Gasteiger partial charge in [-0.3, -0.25) is 0 Å². The molecular weight excluding hydrogens is 224 g/mol. The van der Waals surface area contributed by atoms with Gasteiger partial charge in [-0.1, -0.05) is 0 Å². The number of aromatic nitrogens is 3. The van der Waals surface area contributed by atoms with Crippen molar-refractivity contribution in [1.82, 2.24) is 20.1 Å². The van der Waals surface area contributed by atoms with Crippen LogP contribution in [0.25, 0.3) is 0 Å². The Kier molecular flexibility index (Phi) is 3.49. The van der Waals surface area contributed by atoms with E-state index >= 15 is 0 Å². The van der Waals surface area contributed by atoms with E-state index in [0.717, 1.165) is 18.8 Å². The van der Waals surface area contributed by atoms with Gasteiger partial charge in [-0.15, -0.1) is 0 Å². The summed E-state index contributed by atoms with van der Waals surface area (Å²) in [6.45, 7) is 12.1. The van der Waals surface area contributed by atoms with Gasteiger partial charge in [-0.2, -0.15) is 5.10 Å². The van der Waals surface area contributed by atoms with Crippen molar-refractivity contribution in [2.45, 2.75) is 65.5 Å². The van der Waals surface area contributed by atoms with Crippen LogP contribution in [0.1, 0.15) is 59.3 Å². The summed E-state index contributed by atoms with van der Waals surface area (Å²) in [5.74, 6) is 1.14. The smallest absolute Gasteiger partial charge is 0.138 e. The first-order valence-electron chi connectivity index (χ1n) is 6.95. The molecule has 1 aromatic rings. The van der Waals surface area contributed by atoms with E-state index in [-0.39, 0.29) is 5.54 Å². The van der Waals surface area contributed by atoms with Crippen molar-refractivity contribution in [3.05, 3.63) is 12.2 Å². The highest BCUT2D eigenvalue weighted by Gasteiger charge is 2.44. The third-order valence-corrected chi connectivity index (χ3v) is 3.62. The minimum Gasteiger partial charge on any atom is -0.312 e. The highest BCUT2D eigenvalue weighted by atomic mass is 15.3. The van der Waals surface area contributed by atoms with Crippen LogP contribution in [0.4, 0.5) is 0 Å². The second-order valence-corrected chi connectivity index (χ2v) is 6.99. The lowest BCUT2D eigenvalue weighted by Crippen LogP contribution is -2.40. The maximum atomic E-state index is 4.43. The van der Waals surface area contributed by atoms with Crippen LogP contribution in [0.15, 0.2) is 6.33 Å². The van der Waals surface area contributed by atoms with E-state index in [2.05, 4.69) is 54.7 Å². The highest BCUT2D eigenvalue weighted by molar-refractivity contribution is 5.04. The first-order valence-corrected chi connectivity index (χ1v) is 6.95. The maximum absolute atomic E-state index is 4.43. The molecule has 0 aromatic carbocycles. The van der Waals surface area contributed by atoms with Crippen molar-refractivity contribution in [2.24, 2.45) is 5.41 Å². The van der Waals surface area contributed by atoms with E-state index in [1.807, 2.05) is 0 Å². The summed E-state index contributed by atoms with van der Waals surface area (Å²) in [4.78, 5) is 4.43. The molecule has 0 amide bonds. The van der Waals surface area contributed by atoms with E-state index < -0.39 is 0 Å². The molecule has 0 saturated heterocycles. The minimum absolute atomic E-state index is 0.196. The fourth-order valence-electron chi connectivity index (χ4n) is 2.21. The van der Waals surface area contributed by atoms with Crippen molar-refractivity contribution in [3.63, 3.8) is 0 Å². The standard InChI is InChI=1S/C14H26N4/c1-11(2)18-12(15-10-17-18)8-14(6-7-14)9-16-13(3,4)5/h10-11,16H,6-9H2,1-5H3. The second kappa shape index (κ2) is 4.65. The zero-order chi connectivity index (χ0) is 13.4. The lowest BCUT2D eigenvalue weighted by atomic mass is 9.99. The molecular formula is C14H26N4. The van der Waals surface area contributed by atoms with Gasteiger partial charge >= 0.3 is 0 Å². The van der Waals surface area contributed by atoms with Gasteiger partial charge in [0.15, 0.2) is 0 Å². The van der Waals surface area contributed by atoms with Crippen LogP contribution < -0.4 is 5.32 Å². The molecule has 1 heterocycles. The van der Waals surface area contributed by atoms with Crippen molar-refractivity contribution >= 4 is 0 Å².